The first-order valence-corrected chi connectivity index (χ1v) is 7.81. The van der Waals surface area contributed by atoms with Crippen LogP contribution >= 0.6 is 0 Å². The van der Waals surface area contributed by atoms with Crippen LogP contribution in [0.5, 0.6) is 0 Å². The lowest BCUT2D eigenvalue weighted by Gasteiger charge is -2.38. The number of anilines is 2. The van der Waals surface area contributed by atoms with E-state index in [1.54, 1.807) is 7.05 Å². The van der Waals surface area contributed by atoms with Crippen LogP contribution in [0.15, 0.2) is 6.20 Å². The molecule has 0 aliphatic carbocycles. The molecule has 0 unspecified atom stereocenters. The van der Waals surface area contributed by atoms with E-state index in [0.717, 1.165) is 13.0 Å². The molecule has 0 amide bonds. The number of nitrogens with one attached hydrogen (secondary N) is 2. The van der Waals surface area contributed by atoms with Crippen molar-refractivity contribution in [3.05, 3.63) is 12.0 Å². The molecule has 1 fully saturated rings. The first kappa shape index (κ1) is 15.9. The van der Waals surface area contributed by atoms with E-state index in [-0.39, 0.29) is 5.82 Å². The largest absolute Gasteiger partial charge is 0.371 e. The summed E-state index contributed by atoms with van der Waals surface area (Å²) in [4.78, 5) is 10.7. The Kier molecular flexibility index (Phi) is 5.73. The number of halogens is 1. The van der Waals surface area contributed by atoms with E-state index in [0.29, 0.717) is 18.0 Å². The number of rotatable bonds is 6. The van der Waals surface area contributed by atoms with Gasteiger partial charge in [-0.2, -0.15) is 4.98 Å². The molecule has 0 aromatic carbocycles. The molecule has 0 radical (unpaired) electrons. The summed E-state index contributed by atoms with van der Waals surface area (Å²) in [7, 11) is 1.65. The van der Waals surface area contributed by atoms with Crippen LogP contribution in [-0.4, -0.2) is 47.1 Å². The highest BCUT2D eigenvalue weighted by Gasteiger charge is 2.23. The number of piperidine rings is 1. The lowest BCUT2D eigenvalue weighted by Crippen LogP contribution is -2.44. The van der Waals surface area contributed by atoms with E-state index >= 15 is 0 Å². The molecule has 21 heavy (non-hydrogen) atoms. The maximum absolute atomic E-state index is 13.3. The summed E-state index contributed by atoms with van der Waals surface area (Å²) in [6.45, 7) is 6.52. The van der Waals surface area contributed by atoms with Gasteiger partial charge in [0, 0.05) is 25.7 Å². The van der Waals surface area contributed by atoms with Crippen molar-refractivity contribution in [3.63, 3.8) is 0 Å². The van der Waals surface area contributed by atoms with Crippen LogP contribution in [-0.2, 0) is 0 Å². The molecular formula is C15H26FN5. The van der Waals surface area contributed by atoms with Gasteiger partial charge in [-0.05, 0) is 39.7 Å². The average Bonchev–Trinajstić information content (AvgIpc) is 2.49. The minimum absolute atomic E-state index is 0.231. The van der Waals surface area contributed by atoms with Crippen molar-refractivity contribution in [1.29, 1.82) is 0 Å². The lowest BCUT2D eigenvalue weighted by molar-refractivity contribution is 0.108. The van der Waals surface area contributed by atoms with Crippen molar-refractivity contribution >= 4 is 11.8 Å². The van der Waals surface area contributed by atoms with Crippen LogP contribution in [0.4, 0.5) is 16.2 Å². The molecular weight excluding hydrogens is 269 g/mol. The highest BCUT2D eigenvalue weighted by molar-refractivity contribution is 5.40. The third-order valence-electron chi connectivity index (χ3n) is 4.08. The number of nitrogens with zero attached hydrogens (tertiary/aromatic N) is 3. The first-order chi connectivity index (χ1) is 10.1. The minimum Gasteiger partial charge on any atom is -0.371 e. The topological polar surface area (TPSA) is 53.1 Å². The van der Waals surface area contributed by atoms with Crippen LogP contribution in [0.2, 0.25) is 0 Å². The SMILES string of the molecule is CNc1nc(NCC[C@H]2CCCCN2C(C)C)ncc1F. The Morgan fingerprint density at radius 3 is 2.95 bits per heavy atom. The van der Waals surface area contributed by atoms with Crippen LogP contribution in [0, 0.1) is 5.82 Å². The normalized spacial score (nSPS) is 19.8. The highest BCUT2D eigenvalue weighted by atomic mass is 19.1. The molecule has 118 valence electrons. The average molecular weight is 295 g/mol. The van der Waals surface area contributed by atoms with E-state index in [1.807, 2.05) is 0 Å². The molecule has 1 aliphatic rings. The molecule has 5 nitrogen and oxygen atoms in total. The fourth-order valence-electron chi connectivity index (χ4n) is 2.99. The smallest absolute Gasteiger partial charge is 0.224 e. The van der Waals surface area contributed by atoms with E-state index in [2.05, 4.69) is 39.3 Å². The predicted molar refractivity (Wildman–Crippen MR) is 84.1 cm³/mol. The van der Waals surface area contributed by atoms with Crippen molar-refractivity contribution < 1.29 is 4.39 Å². The second kappa shape index (κ2) is 7.54. The van der Waals surface area contributed by atoms with Gasteiger partial charge < -0.3 is 10.6 Å². The van der Waals surface area contributed by atoms with Gasteiger partial charge in [-0.1, -0.05) is 6.42 Å². The Hall–Kier alpha value is -1.43. The molecule has 1 saturated heterocycles. The molecule has 1 aromatic rings. The van der Waals surface area contributed by atoms with Gasteiger partial charge in [0.1, 0.15) is 0 Å². The Balaban J connectivity index is 1.85. The third-order valence-corrected chi connectivity index (χ3v) is 4.08. The van der Waals surface area contributed by atoms with Gasteiger partial charge in [-0.3, -0.25) is 4.90 Å². The van der Waals surface area contributed by atoms with Crippen molar-refractivity contribution in [2.24, 2.45) is 0 Å². The van der Waals surface area contributed by atoms with Gasteiger partial charge in [0.15, 0.2) is 11.6 Å². The Morgan fingerprint density at radius 1 is 1.43 bits per heavy atom. The van der Waals surface area contributed by atoms with E-state index < -0.39 is 5.82 Å². The number of aromatic nitrogens is 2. The maximum atomic E-state index is 13.3. The molecule has 0 spiro atoms. The molecule has 1 aliphatic heterocycles. The summed E-state index contributed by atoms with van der Waals surface area (Å²) in [6.07, 6.45) is 6.13. The first-order valence-electron chi connectivity index (χ1n) is 7.81. The second-order valence-corrected chi connectivity index (χ2v) is 5.84. The quantitative estimate of drug-likeness (QED) is 0.845. The van der Waals surface area contributed by atoms with Crippen molar-refractivity contribution in [2.75, 3.05) is 30.8 Å². The number of hydrogen-bond donors (Lipinski definition) is 2. The summed E-state index contributed by atoms with van der Waals surface area (Å²) >= 11 is 0. The van der Waals surface area contributed by atoms with Crippen molar-refractivity contribution in [3.8, 4) is 0 Å². The van der Waals surface area contributed by atoms with Gasteiger partial charge in [-0.25, -0.2) is 9.37 Å². The summed E-state index contributed by atoms with van der Waals surface area (Å²) in [6, 6.07) is 1.21. The zero-order chi connectivity index (χ0) is 15.2. The third kappa shape index (κ3) is 4.27. The Labute approximate surface area is 126 Å². The number of likely N-dealkylation sites (tertiary alicyclic amines) is 1. The van der Waals surface area contributed by atoms with Crippen LogP contribution in [0.25, 0.3) is 0 Å². The van der Waals surface area contributed by atoms with Gasteiger partial charge in [-0.15, -0.1) is 0 Å². The molecule has 0 saturated carbocycles. The summed E-state index contributed by atoms with van der Waals surface area (Å²) < 4.78 is 13.3. The Bertz CT molecular complexity index is 452. The molecule has 2 heterocycles. The van der Waals surface area contributed by atoms with Gasteiger partial charge in [0.25, 0.3) is 0 Å². The zero-order valence-electron chi connectivity index (χ0n) is 13.2. The van der Waals surface area contributed by atoms with E-state index in [9.17, 15) is 4.39 Å². The molecule has 2 rings (SSSR count). The summed E-state index contributed by atoms with van der Waals surface area (Å²) in [5.74, 6) is 0.281. The fourth-order valence-corrected chi connectivity index (χ4v) is 2.99. The summed E-state index contributed by atoms with van der Waals surface area (Å²) in [5.41, 5.74) is 0. The highest BCUT2D eigenvalue weighted by Crippen LogP contribution is 2.22. The molecule has 1 aromatic heterocycles. The van der Waals surface area contributed by atoms with Gasteiger partial charge in [0.05, 0.1) is 6.20 Å². The molecule has 6 heteroatoms. The molecule has 0 bridgehead atoms. The molecule has 2 N–H and O–H groups in total. The standard InChI is InChI=1S/C15H26FN5/c1-11(2)21-9-5-4-6-12(21)7-8-18-15-19-10-13(16)14(17-3)20-15/h10-12H,4-9H2,1-3H3,(H2,17,18,19,20)/t12-/m1/s1. The van der Waals surface area contributed by atoms with E-state index in [4.69, 9.17) is 0 Å². The maximum Gasteiger partial charge on any atom is 0.224 e. The predicted octanol–water partition coefficient (Wildman–Crippen LogP) is 2.72. The van der Waals surface area contributed by atoms with Crippen LogP contribution < -0.4 is 10.6 Å². The van der Waals surface area contributed by atoms with Gasteiger partial charge >= 0.3 is 0 Å². The van der Waals surface area contributed by atoms with E-state index in [1.165, 1.54) is 32.0 Å². The minimum atomic E-state index is -0.429. The fraction of sp³-hybridized carbons (Fsp3) is 0.733. The van der Waals surface area contributed by atoms with Gasteiger partial charge in [0.2, 0.25) is 5.95 Å². The molecule has 1 atom stereocenters. The lowest BCUT2D eigenvalue weighted by atomic mass is 9.98. The second-order valence-electron chi connectivity index (χ2n) is 5.84. The summed E-state index contributed by atoms with van der Waals surface area (Å²) in [5, 5.41) is 5.92. The zero-order valence-corrected chi connectivity index (χ0v) is 13.2. The Morgan fingerprint density at radius 2 is 2.24 bits per heavy atom. The monoisotopic (exact) mass is 295 g/mol. The van der Waals surface area contributed by atoms with Crippen LogP contribution in [0.1, 0.15) is 39.5 Å². The van der Waals surface area contributed by atoms with Crippen LogP contribution in [0.3, 0.4) is 0 Å². The number of hydrogen-bond acceptors (Lipinski definition) is 5. The van der Waals surface area contributed by atoms with Crippen molar-refractivity contribution in [1.82, 2.24) is 14.9 Å². The van der Waals surface area contributed by atoms with Crippen molar-refractivity contribution in [2.45, 2.75) is 51.6 Å².